The summed E-state index contributed by atoms with van der Waals surface area (Å²) in [7, 11) is 0. The Morgan fingerprint density at radius 1 is 1.10 bits per heavy atom. The molecule has 0 bridgehead atoms. The number of carbonyl (C=O) groups is 1. The smallest absolute Gasteiger partial charge is 0.305 e. The van der Waals surface area contributed by atoms with Crippen molar-refractivity contribution in [2.45, 2.75) is 123 Å². The molecule has 0 N–H and O–H groups in total. The van der Waals surface area contributed by atoms with Crippen LogP contribution in [0.4, 0.5) is 0 Å². The molecule has 174 valence electrons. The number of ether oxygens (including phenoxy) is 1. The van der Waals surface area contributed by atoms with Crippen LogP contribution in [0.2, 0.25) is 0 Å². The second-order valence-electron chi connectivity index (χ2n) is 9.56. The molecule has 3 rings (SSSR count). The number of rotatable bonds is 9. The van der Waals surface area contributed by atoms with Gasteiger partial charge in [0.05, 0.1) is 6.10 Å². The van der Waals surface area contributed by atoms with E-state index in [0.717, 1.165) is 12.8 Å². The van der Waals surface area contributed by atoms with Gasteiger partial charge in [0, 0.05) is 19.8 Å². The molecule has 6 heteroatoms. The molecule has 6 nitrogen and oxygen atoms in total. The first-order valence-corrected chi connectivity index (χ1v) is 11.8. The van der Waals surface area contributed by atoms with Gasteiger partial charge >= 0.3 is 5.97 Å². The second-order valence-corrected chi connectivity index (χ2v) is 9.56. The lowest BCUT2D eigenvalue weighted by Crippen LogP contribution is -2.29. The van der Waals surface area contributed by atoms with Gasteiger partial charge in [0.2, 0.25) is 6.29 Å². The van der Waals surface area contributed by atoms with Crippen LogP contribution in [0.15, 0.2) is 12.7 Å². The van der Waals surface area contributed by atoms with E-state index in [-0.39, 0.29) is 29.7 Å². The largest absolute Gasteiger partial charge is 0.433 e. The van der Waals surface area contributed by atoms with Gasteiger partial charge in [-0.05, 0) is 37.0 Å². The molecule has 2 aliphatic heterocycles. The quantitative estimate of drug-likeness (QED) is 0.194. The van der Waals surface area contributed by atoms with Crippen LogP contribution in [-0.4, -0.2) is 30.6 Å². The molecule has 0 amide bonds. The standard InChI is InChI=1S/C14H26O2.C10H16O4/c1-5-7-8-10-14(3,4)13-11-12(9-6-2)15-16-13;1-7(11)12-10-6-9(13-14-10)8-4-2-3-5-8/h6,12-13H,2,5,7-11H2,1,3-4H3;8-10H,2-6H2,1H3. The van der Waals surface area contributed by atoms with Crippen LogP contribution >= 0.6 is 0 Å². The van der Waals surface area contributed by atoms with Gasteiger partial charge in [-0.1, -0.05) is 59.0 Å². The number of unbranched alkanes of at least 4 members (excludes halogenated alkanes) is 2. The summed E-state index contributed by atoms with van der Waals surface area (Å²) in [6.07, 6.45) is 14.7. The summed E-state index contributed by atoms with van der Waals surface area (Å²) in [5, 5.41) is 0. The lowest BCUT2D eigenvalue weighted by molar-refractivity contribution is -0.339. The van der Waals surface area contributed by atoms with Gasteiger partial charge in [-0.3, -0.25) is 4.79 Å². The fraction of sp³-hybridized carbons (Fsp3) is 0.875. The summed E-state index contributed by atoms with van der Waals surface area (Å²) in [6.45, 7) is 11.9. The van der Waals surface area contributed by atoms with Gasteiger partial charge in [0.25, 0.3) is 0 Å². The minimum atomic E-state index is -0.488. The fourth-order valence-corrected chi connectivity index (χ4v) is 4.48. The van der Waals surface area contributed by atoms with E-state index in [1.54, 1.807) is 0 Å². The lowest BCUT2D eigenvalue weighted by atomic mass is 9.79. The van der Waals surface area contributed by atoms with E-state index in [0.29, 0.717) is 12.3 Å². The highest BCUT2D eigenvalue weighted by molar-refractivity contribution is 5.66. The molecule has 3 fully saturated rings. The minimum Gasteiger partial charge on any atom is -0.433 e. The Morgan fingerprint density at radius 2 is 1.83 bits per heavy atom. The molecule has 4 unspecified atom stereocenters. The predicted molar refractivity (Wildman–Crippen MR) is 115 cm³/mol. The summed E-state index contributed by atoms with van der Waals surface area (Å²) in [4.78, 5) is 31.6. The average molecular weight is 427 g/mol. The zero-order valence-electron chi connectivity index (χ0n) is 19.4. The summed E-state index contributed by atoms with van der Waals surface area (Å²) >= 11 is 0. The van der Waals surface area contributed by atoms with Crippen molar-refractivity contribution in [3.05, 3.63) is 12.7 Å². The Morgan fingerprint density at radius 3 is 2.47 bits per heavy atom. The molecule has 30 heavy (non-hydrogen) atoms. The Bertz CT molecular complexity index is 514. The highest BCUT2D eigenvalue weighted by atomic mass is 17.2. The van der Waals surface area contributed by atoms with E-state index in [9.17, 15) is 4.79 Å². The Kier molecular flexibility index (Phi) is 10.8. The highest BCUT2D eigenvalue weighted by Gasteiger charge is 2.38. The highest BCUT2D eigenvalue weighted by Crippen LogP contribution is 2.37. The summed E-state index contributed by atoms with van der Waals surface area (Å²) in [5.74, 6) is 0.279. The van der Waals surface area contributed by atoms with E-state index < -0.39 is 6.29 Å². The van der Waals surface area contributed by atoms with E-state index >= 15 is 0 Å². The summed E-state index contributed by atoms with van der Waals surface area (Å²) in [6, 6.07) is 0. The molecular weight excluding hydrogens is 384 g/mol. The molecule has 2 saturated heterocycles. The van der Waals surface area contributed by atoms with Crippen LogP contribution in [-0.2, 0) is 29.1 Å². The SMILES string of the molecule is C=CCC1CC(C(C)(C)CCCCC)OO1.CC(=O)OC1CC(C2CCCC2)OO1. The van der Waals surface area contributed by atoms with Crippen LogP contribution in [0.1, 0.15) is 98.3 Å². The van der Waals surface area contributed by atoms with Crippen molar-refractivity contribution in [2.75, 3.05) is 0 Å². The van der Waals surface area contributed by atoms with E-state index in [1.807, 2.05) is 6.08 Å². The Hall–Kier alpha value is -0.950. The first-order valence-electron chi connectivity index (χ1n) is 11.8. The third-order valence-corrected chi connectivity index (χ3v) is 6.44. The monoisotopic (exact) mass is 426 g/mol. The molecular formula is C24H42O6. The van der Waals surface area contributed by atoms with Crippen LogP contribution in [0.5, 0.6) is 0 Å². The van der Waals surface area contributed by atoms with Crippen molar-refractivity contribution >= 4 is 5.97 Å². The molecule has 0 aromatic carbocycles. The van der Waals surface area contributed by atoms with Crippen molar-refractivity contribution in [1.29, 1.82) is 0 Å². The lowest BCUT2D eigenvalue weighted by Gasteiger charge is -2.29. The van der Waals surface area contributed by atoms with Crippen molar-refractivity contribution in [2.24, 2.45) is 11.3 Å². The van der Waals surface area contributed by atoms with Crippen LogP contribution in [0.3, 0.4) is 0 Å². The van der Waals surface area contributed by atoms with Gasteiger partial charge in [-0.15, -0.1) is 6.58 Å². The second kappa shape index (κ2) is 12.8. The molecule has 0 spiro atoms. The van der Waals surface area contributed by atoms with E-state index in [4.69, 9.17) is 24.3 Å². The number of carbonyl (C=O) groups excluding carboxylic acids is 1. The fourth-order valence-electron chi connectivity index (χ4n) is 4.48. The first-order chi connectivity index (χ1) is 14.4. The van der Waals surface area contributed by atoms with Crippen molar-refractivity contribution < 1.29 is 29.1 Å². The molecule has 0 aromatic rings. The van der Waals surface area contributed by atoms with Crippen molar-refractivity contribution in [1.82, 2.24) is 0 Å². The molecule has 2 heterocycles. The zero-order valence-corrected chi connectivity index (χ0v) is 19.4. The zero-order chi connectivity index (χ0) is 22.0. The Labute approximate surface area is 182 Å². The van der Waals surface area contributed by atoms with Crippen molar-refractivity contribution in [3.63, 3.8) is 0 Å². The molecule has 1 aliphatic carbocycles. The number of hydrogen-bond donors (Lipinski definition) is 0. The molecule has 0 radical (unpaired) electrons. The first kappa shape index (κ1) is 25.3. The van der Waals surface area contributed by atoms with E-state index in [1.165, 1.54) is 58.3 Å². The van der Waals surface area contributed by atoms with Crippen LogP contribution in [0, 0.1) is 11.3 Å². The molecule has 0 aromatic heterocycles. The van der Waals surface area contributed by atoms with Gasteiger partial charge in [-0.25, -0.2) is 14.7 Å². The number of hydrogen-bond acceptors (Lipinski definition) is 6. The maximum atomic E-state index is 10.7. The van der Waals surface area contributed by atoms with Crippen molar-refractivity contribution in [3.8, 4) is 0 Å². The molecule has 3 aliphatic rings. The predicted octanol–water partition coefficient (Wildman–Crippen LogP) is 6.04. The molecule has 1 saturated carbocycles. The van der Waals surface area contributed by atoms with Gasteiger partial charge in [-0.2, -0.15) is 4.89 Å². The number of esters is 1. The Balaban J connectivity index is 0.000000215. The minimum absolute atomic E-state index is 0.127. The maximum absolute atomic E-state index is 10.7. The third-order valence-electron chi connectivity index (χ3n) is 6.44. The van der Waals surface area contributed by atoms with Crippen LogP contribution < -0.4 is 0 Å². The molecule has 4 atom stereocenters. The van der Waals surface area contributed by atoms with Gasteiger partial charge in [0.15, 0.2) is 0 Å². The maximum Gasteiger partial charge on any atom is 0.305 e. The summed E-state index contributed by atoms with van der Waals surface area (Å²) < 4.78 is 4.91. The van der Waals surface area contributed by atoms with Gasteiger partial charge < -0.3 is 4.74 Å². The normalized spacial score (nSPS) is 29.5. The topological polar surface area (TPSA) is 63.2 Å². The van der Waals surface area contributed by atoms with E-state index in [2.05, 4.69) is 27.4 Å². The average Bonchev–Trinajstić information content (AvgIpc) is 3.44. The third kappa shape index (κ3) is 8.29. The van der Waals surface area contributed by atoms with Gasteiger partial charge in [0.1, 0.15) is 12.2 Å². The summed E-state index contributed by atoms with van der Waals surface area (Å²) in [5.41, 5.74) is 0.227. The van der Waals surface area contributed by atoms with Crippen LogP contribution in [0.25, 0.3) is 0 Å².